The van der Waals surface area contributed by atoms with Gasteiger partial charge in [0.1, 0.15) is 0 Å². The second kappa shape index (κ2) is 4.72. The lowest BCUT2D eigenvalue weighted by molar-refractivity contribution is 0.747. The number of nitrogens with zero attached hydrogens (tertiary/aromatic N) is 1. The summed E-state index contributed by atoms with van der Waals surface area (Å²) in [6.45, 7) is 0. The van der Waals surface area contributed by atoms with E-state index in [9.17, 15) is 0 Å². The van der Waals surface area contributed by atoms with Gasteiger partial charge in [-0.3, -0.25) is 4.98 Å². The number of hydrogen-bond acceptors (Lipinski definition) is 3. The Morgan fingerprint density at radius 2 is 2.22 bits per heavy atom. The van der Waals surface area contributed by atoms with Crippen LogP contribution in [-0.4, -0.2) is 4.98 Å². The third-order valence-corrected chi connectivity index (χ3v) is 4.12. The Kier molecular flexibility index (Phi) is 3.22. The Morgan fingerprint density at radius 3 is 2.94 bits per heavy atom. The van der Waals surface area contributed by atoms with Crippen molar-refractivity contribution < 1.29 is 0 Å². The van der Waals surface area contributed by atoms with Crippen LogP contribution in [0.5, 0.6) is 0 Å². The third kappa shape index (κ3) is 2.22. The molecule has 18 heavy (non-hydrogen) atoms. The van der Waals surface area contributed by atoms with Crippen LogP contribution in [0, 0.1) is 11.2 Å². The summed E-state index contributed by atoms with van der Waals surface area (Å²) in [5.41, 5.74) is 9.36. The van der Waals surface area contributed by atoms with Gasteiger partial charge < -0.3 is 5.73 Å². The zero-order valence-electron chi connectivity index (χ0n) is 9.61. The summed E-state index contributed by atoms with van der Waals surface area (Å²) in [5, 5.41) is 4.17. The van der Waals surface area contributed by atoms with E-state index in [1.807, 2.05) is 18.3 Å². The fourth-order valence-corrected chi connectivity index (χ4v) is 2.64. The largest absolute Gasteiger partial charge is 0.321 e. The predicted molar refractivity (Wildman–Crippen MR) is 85.3 cm³/mol. The van der Waals surface area contributed by atoms with Gasteiger partial charge in [-0.05, 0) is 50.8 Å². The van der Waals surface area contributed by atoms with Gasteiger partial charge in [-0.1, -0.05) is 12.0 Å². The Balaban J connectivity index is 2.24. The molecule has 0 radical (unpaired) electrons. The Labute approximate surface area is 122 Å². The van der Waals surface area contributed by atoms with Crippen LogP contribution in [0.1, 0.15) is 24.0 Å². The predicted octanol–water partition coefficient (Wildman–Crippen LogP) is 3.57. The van der Waals surface area contributed by atoms with Crippen LogP contribution in [0.2, 0.25) is 0 Å². The molecule has 0 atom stereocenters. The first-order valence-electron chi connectivity index (χ1n) is 5.70. The highest BCUT2D eigenvalue weighted by Gasteiger charge is 2.41. The zero-order valence-corrected chi connectivity index (χ0v) is 12.6. The van der Waals surface area contributed by atoms with E-state index in [2.05, 4.69) is 49.5 Å². The molecule has 1 aliphatic carbocycles. The lowest BCUT2D eigenvalue weighted by Gasteiger charge is -2.13. The molecule has 1 saturated carbocycles. The van der Waals surface area contributed by atoms with Crippen LogP contribution < -0.4 is 5.73 Å². The summed E-state index contributed by atoms with van der Waals surface area (Å²) in [5.74, 6) is 3.14. The van der Waals surface area contributed by atoms with Crippen LogP contribution in [0.15, 0.2) is 30.5 Å². The number of nitrogens with two attached hydrogens (primary N) is 1. The lowest BCUT2D eigenvalue weighted by Crippen LogP contribution is -2.19. The smallest absolute Gasteiger partial charge is 0.0717 e. The average molecular weight is 366 g/mol. The molecule has 90 valence electrons. The number of benzene rings is 1. The summed E-state index contributed by atoms with van der Waals surface area (Å²) < 4.78 is 0. The maximum absolute atomic E-state index is 6.35. The number of aromatic nitrogens is 1. The van der Waals surface area contributed by atoms with E-state index in [0.29, 0.717) is 0 Å². The van der Waals surface area contributed by atoms with Gasteiger partial charge in [0.2, 0.25) is 0 Å². The number of halogens is 1. The van der Waals surface area contributed by atoms with Crippen LogP contribution in [0.25, 0.3) is 10.9 Å². The molecular formula is C14H11IN2S. The number of pyridine rings is 1. The van der Waals surface area contributed by atoms with Crippen LogP contribution in [-0.2, 0) is 5.54 Å². The minimum absolute atomic E-state index is 0.156. The van der Waals surface area contributed by atoms with Gasteiger partial charge >= 0.3 is 0 Å². The highest BCUT2D eigenvalue weighted by molar-refractivity contribution is 14.2. The highest BCUT2D eigenvalue weighted by atomic mass is 127. The van der Waals surface area contributed by atoms with Gasteiger partial charge in [-0.15, -0.1) is 0 Å². The normalized spacial score (nSPS) is 16.1. The van der Waals surface area contributed by atoms with Gasteiger partial charge in [-0.25, -0.2) is 0 Å². The van der Waals surface area contributed by atoms with Crippen LogP contribution in [0.4, 0.5) is 0 Å². The third-order valence-electron chi connectivity index (χ3n) is 3.28. The molecule has 2 N–H and O–H groups in total. The summed E-state index contributed by atoms with van der Waals surface area (Å²) in [6, 6.07) is 8.21. The zero-order chi connectivity index (χ0) is 12.6. The number of fused-ring (bicyclic) bond motifs is 1. The Bertz CT molecular complexity index is 668. The second-order valence-corrected chi connectivity index (χ2v) is 6.23. The van der Waals surface area contributed by atoms with Crippen molar-refractivity contribution >= 4 is 41.0 Å². The molecule has 0 saturated heterocycles. The van der Waals surface area contributed by atoms with E-state index < -0.39 is 0 Å². The van der Waals surface area contributed by atoms with Crippen molar-refractivity contribution in [2.45, 2.75) is 18.4 Å². The van der Waals surface area contributed by atoms with E-state index in [0.717, 1.165) is 29.3 Å². The van der Waals surface area contributed by atoms with E-state index in [1.54, 1.807) is 0 Å². The first-order chi connectivity index (χ1) is 8.73. The second-order valence-electron chi connectivity index (χ2n) is 4.55. The Hall–Kier alpha value is -0.770. The van der Waals surface area contributed by atoms with E-state index in [4.69, 9.17) is 5.73 Å². The molecule has 2 nitrogen and oxygen atoms in total. The maximum Gasteiger partial charge on any atom is 0.0717 e. The monoisotopic (exact) mass is 366 g/mol. The van der Waals surface area contributed by atoms with Crippen molar-refractivity contribution in [1.82, 2.24) is 4.98 Å². The van der Waals surface area contributed by atoms with Gasteiger partial charge in [0.05, 0.1) is 5.52 Å². The molecule has 4 heteroatoms. The van der Waals surface area contributed by atoms with Crippen LogP contribution >= 0.6 is 30.1 Å². The summed E-state index contributed by atoms with van der Waals surface area (Å²) >= 11 is 2.17. The average Bonchev–Trinajstić information content (AvgIpc) is 3.14. The summed E-state index contributed by atoms with van der Waals surface area (Å²) in [4.78, 5) is 4.42. The highest BCUT2D eigenvalue weighted by Crippen LogP contribution is 2.45. The van der Waals surface area contributed by atoms with Gasteiger partial charge in [0.15, 0.2) is 0 Å². The quantitative estimate of drug-likeness (QED) is 0.620. The first-order valence-corrected chi connectivity index (χ1v) is 9.06. The van der Waals surface area contributed by atoms with Gasteiger partial charge in [0, 0.05) is 43.9 Å². The molecule has 1 heterocycles. The molecule has 1 fully saturated rings. The van der Waals surface area contributed by atoms with Crippen molar-refractivity contribution in [3.63, 3.8) is 0 Å². The van der Waals surface area contributed by atoms with E-state index in [1.165, 1.54) is 14.5 Å². The molecule has 0 bridgehead atoms. The van der Waals surface area contributed by atoms with Crippen molar-refractivity contribution in [2.24, 2.45) is 5.73 Å². The maximum atomic E-state index is 6.35. The minimum atomic E-state index is -0.156. The van der Waals surface area contributed by atoms with Crippen molar-refractivity contribution in [3.8, 4) is 11.2 Å². The molecule has 0 amide bonds. The fourth-order valence-electron chi connectivity index (χ4n) is 2.15. The summed E-state index contributed by atoms with van der Waals surface area (Å²) in [6.07, 6.45) is 3.91. The molecule has 0 aliphatic heterocycles. The minimum Gasteiger partial charge on any atom is -0.321 e. The van der Waals surface area contributed by atoms with Gasteiger partial charge in [-0.2, -0.15) is 0 Å². The van der Waals surface area contributed by atoms with Gasteiger partial charge in [0.25, 0.3) is 0 Å². The van der Waals surface area contributed by atoms with Crippen molar-refractivity contribution in [1.29, 1.82) is 0 Å². The molecule has 1 aliphatic rings. The molecule has 1 aromatic carbocycles. The molecule has 0 unspecified atom stereocenters. The van der Waals surface area contributed by atoms with Crippen molar-refractivity contribution in [2.75, 3.05) is 0 Å². The molecular weight excluding hydrogens is 355 g/mol. The molecule has 0 spiro atoms. The van der Waals surface area contributed by atoms with E-state index in [-0.39, 0.29) is 5.54 Å². The SMILES string of the molecule is NC1(c2cc(C#CSI)cc3ncccc23)CC1. The standard InChI is InChI=1S/C14H11IN2S/c15-18-7-3-10-8-12(14(16)4-5-14)11-2-1-6-17-13(11)9-10/h1-2,6,8-9H,4-5,16H2. The van der Waals surface area contributed by atoms with Crippen molar-refractivity contribution in [3.05, 3.63) is 41.6 Å². The van der Waals surface area contributed by atoms with E-state index >= 15 is 0 Å². The topological polar surface area (TPSA) is 38.9 Å². The number of hydrogen-bond donors (Lipinski definition) is 1. The van der Waals surface area contributed by atoms with Crippen LogP contribution in [0.3, 0.4) is 0 Å². The Morgan fingerprint density at radius 1 is 1.39 bits per heavy atom. The molecule has 1 aromatic heterocycles. The fraction of sp³-hybridized carbons (Fsp3) is 0.214. The lowest BCUT2D eigenvalue weighted by atomic mass is 9.97. The number of rotatable bonds is 1. The first kappa shape index (κ1) is 12.3. The molecule has 2 aromatic rings. The summed E-state index contributed by atoms with van der Waals surface area (Å²) in [7, 11) is 1.49. The molecule has 3 rings (SSSR count).